The van der Waals surface area contributed by atoms with Crippen molar-refractivity contribution in [2.75, 3.05) is 32.7 Å². The SMILES string of the molecule is CCC1(CC)NC(=O)N(CC(=O)N2CCNCC2)C1=O. The monoisotopic (exact) mass is 282 g/mol. The minimum absolute atomic E-state index is 0.160. The van der Waals surface area contributed by atoms with Gasteiger partial charge in [-0.1, -0.05) is 13.8 Å². The number of rotatable bonds is 4. The lowest BCUT2D eigenvalue weighted by Crippen LogP contribution is -2.51. The number of piperazine rings is 1. The maximum Gasteiger partial charge on any atom is 0.325 e. The Hall–Kier alpha value is -1.63. The Labute approximate surface area is 118 Å². The summed E-state index contributed by atoms with van der Waals surface area (Å²) >= 11 is 0. The third-order valence-electron chi connectivity index (χ3n) is 4.22. The molecule has 0 bridgehead atoms. The molecule has 2 aliphatic rings. The van der Waals surface area contributed by atoms with Crippen LogP contribution in [0.2, 0.25) is 0 Å². The predicted molar refractivity (Wildman–Crippen MR) is 73.0 cm³/mol. The van der Waals surface area contributed by atoms with Crippen molar-refractivity contribution in [3.8, 4) is 0 Å². The van der Waals surface area contributed by atoms with E-state index in [1.54, 1.807) is 4.90 Å². The second-order valence-electron chi connectivity index (χ2n) is 5.24. The van der Waals surface area contributed by atoms with Gasteiger partial charge in [0.1, 0.15) is 12.1 Å². The first-order valence-corrected chi connectivity index (χ1v) is 7.16. The van der Waals surface area contributed by atoms with Gasteiger partial charge in [0.25, 0.3) is 5.91 Å². The molecule has 0 spiro atoms. The number of hydrogen-bond acceptors (Lipinski definition) is 4. The van der Waals surface area contributed by atoms with Gasteiger partial charge in [0, 0.05) is 26.2 Å². The second kappa shape index (κ2) is 5.78. The van der Waals surface area contributed by atoms with E-state index >= 15 is 0 Å². The Bertz CT molecular complexity index is 414. The number of amides is 4. The zero-order chi connectivity index (χ0) is 14.8. The van der Waals surface area contributed by atoms with Crippen LogP contribution in [0.4, 0.5) is 4.79 Å². The number of carbonyl (C=O) groups excluding carboxylic acids is 3. The molecule has 7 nitrogen and oxygen atoms in total. The van der Waals surface area contributed by atoms with E-state index < -0.39 is 11.6 Å². The van der Waals surface area contributed by atoms with Gasteiger partial charge in [-0.2, -0.15) is 0 Å². The summed E-state index contributed by atoms with van der Waals surface area (Å²) in [6, 6.07) is -0.456. The fraction of sp³-hybridized carbons (Fsp3) is 0.769. The zero-order valence-electron chi connectivity index (χ0n) is 12.1. The van der Waals surface area contributed by atoms with E-state index in [1.807, 2.05) is 13.8 Å². The molecule has 0 aromatic carbocycles. The number of nitrogens with one attached hydrogen (secondary N) is 2. The fourth-order valence-corrected chi connectivity index (χ4v) is 2.70. The normalized spacial score (nSPS) is 22.1. The lowest BCUT2D eigenvalue weighted by atomic mass is 9.93. The standard InChI is InChI=1S/C13H22N4O3/c1-3-13(4-2)11(19)17(12(20)15-13)9-10(18)16-7-5-14-6-8-16/h14H,3-9H2,1-2H3,(H,15,20). The molecule has 0 saturated carbocycles. The first-order valence-electron chi connectivity index (χ1n) is 7.16. The Balaban J connectivity index is 2.03. The van der Waals surface area contributed by atoms with Crippen molar-refractivity contribution in [2.24, 2.45) is 0 Å². The number of urea groups is 1. The van der Waals surface area contributed by atoms with Gasteiger partial charge in [0.15, 0.2) is 0 Å². The minimum atomic E-state index is -0.833. The Kier molecular flexibility index (Phi) is 4.27. The third-order valence-corrected chi connectivity index (χ3v) is 4.22. The molecule has 0 unspecified atom stereocenters. The molecular weight excluding hydrogens is 260 g/mol. The second-order valence-corrected chi connectivity index (χ2v) is 5.24. The van der Waals surface area contributed by atoms with Crippen molar-refractivity contribution >= 4 is 17.8 Å². The van der Waals surface area contributed by atoms with Crippen LogP contribution in [0, 0.1) is 0 Å². The molecule has 7 heteroatoms. The maximum atomic E-state index is 12.4. The van der Waals surface area contributed by atoms with Crippen molar-refractivity contribution in [2.45, 2.75) is 32.2 Å². The summed E-state index contributed by atoms with van der Waals surface area (Å²) < 4.78 is 0. The number of nitrogens with zero attached hydrogens (tertiary/aromatic N) is 2. The number of carbonyl (C=O) groups is 3. The molecule has 2 N–H and O–H groups in total. The number of imide groups is 1. The van der Waals surface area contributed by atoms with Crippen molar-refractivity contribution in [3.63, 3.8) is 0 Å². The first-order chi connectivity index (χ1) is 9.54. The third kappa shape index (κ3) is 2.49. The van der Waals surface area contributed by atoms with Crippen LogP contribution in [0.1, 0.15) is 26.7 Å². The van der Waals surface area contributed by atoms with Gasteiger partial charge in [0.05, 0.1) is 0 Å². The summed E-state index contributed by atoms with van der Waals surface area (Å²) in [6.07, 6.45) is 1.07. The summed E-state index contributed by atoms with van der Waals surface area (Å²) in [4.78, 5) is 39.2. The van der Waals surface area contributed by atoms with Crippen LogP contribution in [-0.4, -0.2) is 65.9 Å². The van der Waals surface area contributed by atoms with Crippen LogP contribution in [0.3, 0.4) is 0 Å². The van der Waals surface area contributed by atoms with E-state index in [0.29, 0.717) is 25.9 Å². The van der Waals surface area contributed by atoms with Gasteiger partial charge in [0.2, 0.25) is 5.91 Å². The van der Waals surface area contributed by atoms with Crippen molar-refractivity contribution in [1.29, 1.82) is 0 Å². The lowest BCUT2D eigenvalue weighted by Gasteiger charge is -2.29. The Morgan fingerprint density at radius 1 is 1.20 bits per heavy atom. The summed E-state index contributed by atoms with van der Waals surface area (Å²) in [6.45, 7) is 6.31. The molecule has 2 rings (SSSR count). The van der Waals surface area contributed by atoms with Crippen molar-refractivity contribution in [3.05, 3.63) is 0 Å². The summed E-state index contributed by atoms with van der Waals surface area (Å²) in [5.41, 5.74) is -0.833. The molecule has 4 amide bonds. The van der Waals surface area contributed by atoms with Crippen LogP contribution in [0.15, 0.2) is 0 Å². The van der Waals surface area contributed by atoms with Gasteiger partial charge in [-0.3, -0.25) is 14.5 Å². The molecule has 2 fully saturated rings. The van der Waals surface area contributed by atoms with E-state index in [1.165, 1.54) is 0 Å². The van der Waals surface area contributed by atoms with Gasteiger partial charge in [-0.25, -0.2) is 4.79 Å². The lowest BCUT2D eigenvalue weighted by molar-refractivity contribution is -0.139. The average Bonchev–Trinajstić information content (AvgIpc) is 2.72. The van der Waals surface area contributed by atoms with E-state index in [-0.39, 0.29) is 18.4 Å². The summed E-state index contributed by atoms with van der Waals surface area (Å²) in [5, 5.41) is 5.89. The highest BCUT2D eigenvalue weighted by molar-refractivity contribution is 6.08. The smallest absolute Gasteiger partial charge is 0.325 e. The molecule has 2 heterocycles. The van der Waals surface area contributed by atoms with Crippen molar-refractivity contribution in [1.82, 2.24) is 20.4 Å². The zero-order valence-corrected chi connectivity index (χ0v) is 12.1. The molecule has 0 aliphatic carbocycles. The van der Waals surface area contributed by atoms with E-state index in [9.17, 15) is 14.4 Å². The molecular formula is C13H22N4O3. The highest BCUT2D eigenvalue weighted by atomic mass is 16.2. The van der Waals surface area contributed by atoms with Crippen molar-refractivity contribution < 1.29 is 14.4 Å². The van der Waals surface area contributed by atoms with E-state index in [2.05, 4.69) is 10.6 Å². The fourth-order valence-electron chi connectivity index (χ4n) is 2.70. The topological polar surface area (TPSA) is 81.8 Å². The molecule has 0 aromatic rings. The van der Waals surface area contributed by atoms with E-state index in [0.717, 1.165) is 18.0 Å². The van der Waals surface area contributed by atoms with Crippen LogP contribution >= 0.6 is 0 Å². The molecule has 2 saturated heterocycles. The highest BCUT2D eigenvalue weighted by Gasteiger charge is 2.49. The highest BCUT2D eigenvalue weighted by Crippen LogP contribution is 2.24. The molecule has 0 aromatic heterocycles. The molecule has 0 radical (unpaired) electrons. The predicted octanol–water partition coefficient (Wildman–Crippen LogP) is -0.471. The van der Waals surface area contributed by atoms with Gasteiger partial charge in [-0.05, 0) is 12.8 Å². The number of hydrogen-bond donors (Lipinski definition) is 2. The van der Waals surface area contributed by atoms with E-state index in [4.69, 9.17) is 0 Å². The van der Waals surface area contributed by atoms with Crippen LogP contribution in [0.25, 0.3) is 0 Å². The largest absolute Gasteiger partial charge is 0.339 e. The Morgan fingerprint density at radius 2 is 1.80 bits per heavy atom. The quantitative estimate of drug-likeness (QED) is 0.683. The average molecular weight is 282 g/mol. The van der Waals surface area contributed by atoms with Crippen LogP contribution in [-0.2, 0) is 9.59 Å². The minimum Gasteiger partial charge on any atom is -0.339 e. The Morgan fingerprint density at radius 3 is 2.30 bits per heavy atom. The van der Waals surface area contributed by atoms with Crippen LogP contribution in [0.5, 0.6) is 0 Å². The van der Waals surface area contributed by atoms with Crippen LogP contribution < -0.4 is 10.6 Å². The van der Waals surface area contributed by atoms with Gasteiger partial charge < -0.3 is 15.5 Å². The molecule has 112 valence electrons. The first kappa shape index (κ1) is 14.8. The maximum absolute atomic E-state index is 12.4. The molecule has 2 aliphatic heterocycles. The molecule has 0 atom stereocenters. The summed E-state index contributed by atoms with van der Waals surface area (Å²) in [7, 11) is 0. The summed E-state index contributed by atoms with van der Waals surface area (Å²) in [5.74, 6) is -0.450. The molecule has 20 heavy (non-hydrogen) atoms. The van der Waals surface area contributed by atoms with Gasteiger partial charge in [-0.15, -0.1) is 0 Å². The van der Waals surface area contributed by atoms with Gasteiger partial charge >= 0.3 is 6.03 Å².